The number of anilines is 1. The van der Waals surface area contributed by atoms with Gasteiger partial charge in [-0.1, -0.05) is 25.1 Å². The summed E-state index contributed by atoms with van der Waals surface area (Å²) in [6, 6.07) is 6.69. The van der Waals surface area contributed by atoms with E-state index in [1.54, 1.807) is 0 Å². The second kappa shape index (κ2) is 5.54. The maximum Gasteiger partial charge on any atom is 0.0432 e. The van der Waals surface area contributed by atoms with Crippen molar-refractivity contribution in [3.8, 4) is 0 Å². The molecular weight excluding hydrogens is 232 g/mol. The molecule has 1 atom stereocenters. The van der Waals surface area contributed by atoms with Gasteiger partial charge in [0.25, 0.3) is 0 Å². The molecule has 0 saturated carbocycles. The molecule has 1 aliphatic rings. The van der Waals surface area contributed by atoms with Crippen molar-refractivity contribution in [1.29, 1.82) is 0 Å². The molecule has 2 N–H and O–H groups in total. The predicted molar refractivity (Wildman–Crippen MR) is 83.8 cm³/mol. The van der Waals surface area contributed by atoms with Gasteiger partial charge in [-0.05, 0) is 63.6 Å². The summed E-state index contributed by atoms with van der Waals surface area (Å²) < 4.78 is 0. The van der Waals surface area contributed by atoms with E-state index >= 15 is 0 Å². The average molecular weight is 260 g/mol. The van der Waals surface area contributed by atoms with Gasteiger partial charge in [0.05, 0.1) is 0 Å². The van der Waals surface area contributed by atoms with Crippen LogP contribution in [0.15, 0.2) is 18.2 Å². The fraction of sp³-hybridized carbons (Fsp3) is 0.647. The Balaban J connectivity index is 2.38. The standard InChI is InChI=1S/C17H28N2/c1-5-14-8-6-7-13(2)16(14)19-12-10-15(9-11-18)17(19,3)4/h6-8,15H,5,9-12,18H2,1-4H3. The van der Waals surface area contributed by atoms with Gasteiger partial charge in [-0.25, -0.2) is 0 Å². The molecule has 106 valence electrons. The van der Waals surface area contributed by atoms with Crippen molar-refractivity contribution in [2.75, 3.05) is 18.0 Å². The number of para-hydroxylation sites is 1. The maximum absolute atomic E-state index is 5.78. The van der Waals surface area contributed by atoms with Crippen LogP contribution >= 0.6 is 0 Å². The van der Waals surface area contributed by atoms with Gasteiger partial charge in [0, 0.05) is 17.8 Å². The van der Waals surface area contributed by atoms with Gasteiger partial charge in [0.1, 0.15) is 0 Å². The first kappa shape index (κ1) is 14.4. The third-order valence-corrected chi connectivity index (χ3v) is 4.88. The smallest absolute Gasteiger partial charge is 0.0432 e. The number of aryl methyl sites for hydroxylation is 2. The van der Waals surface area contributed by atoms with E-state index in [9.17, 15) is 0 Å². The Hall–Kier alpha value is -1.02. The summed E-state index contributed by atoms with van der Waals surface area (Å²) in [4.78, 5) is 2.63. The van der Waals surface area contributed by atoms with Crippen molar-refractivity contribution in [2.45, 2.75) is 52.5 Å². The van der Waals surface area contributed by atoms with Crippen molar-refractivity contribution in [3.63, 3.8) is 0 Å². The average Bonchev–Trinajstić information content (AvgIpc) is 2.65. The van der Waals surface area contributed by atoms with Gasteiger partial charge < -0.3 is 10.6 Å². The highest BCUT2D eigenvalue weighted by Crippen LogP contribution is 2.42. The number of benzene rings is 1. The number of hydrogen-bond donors (Lipinski definition) is 1. The second-order valence-electron chi connectivity index (χ2n) is 6.30. The molecule has 0 aliphatic carbocycles. The fourth-order valence-corrected chi connectivity index (χ4v) is 3.64. The Morgan fingerprint density at radius 1 is 1.37 bits per heavy atom. The number of hydrogen-bond acceptors (Lipinski definition) is 2. The van der Waals surface area contributed by atoms with Crippen LogP contribution in [-0.4, -0.2) is 18.6 Å². The highest BCUT2D eigenvalue weighted by atomic mass is 15.2. The molecule has 1 aromatic carbocycles. The third kappa shape index (κ3) is 2.51. The summed E-state index contributed by atoms with van der Waals surface area (Å²) in [6.07, 6.45) is 3.50. The molecule has 0 spiro atoms. The van der Waals surface area contributed by atoms with Gasteiger partial charge in [-0.2, -0.15) is 0 Å². The molecule has 1 heterocycles. The van der Waals surface area contributed by atoms with Gasteiger partial charge in [-0.15, -0.1) is 0 Å². The Morgan fingerprint density at radius 2 is 2.11 bits per heavy atom. The summed E-state index contributed by atoms with van der Waals surface area (Å²) in [5, 5.41) is 0. The van der Waals surface area contributed by atoms with E-state index in [0.717, 1.165) is 25.9 Å². The van der Waals surface area contributed by atoms with Crippen LogP contribution in [0.4, 0.5) is 5.69 Å². The van der Waals surface area contributed by atoms with Crippen LogP contribution in [0.3, 0.4) is 0 Å². The summed E-state index contributed by atoms with van der Waals surface area (Å²) in [7, 11) is 0. The zero-order valence-corrected chi connectivity index (χ0v) is 12.9. The highest BCUT2D eigenvalue weighted by Gasteiger charge is 2.41. The lowest BCUT2D eigenvalue weighted by atomic mass is 9.85. The normalized spacial score (nSPS) is 21.9. The number of nitrogens with two attached hydrogens (primary N) is 1. The molecule has 1 aromatic rings. The summed E-state index contributed by atoms with van der Waals surface area (Å²) >= 11 is 0. The van der Waals surface area contributed by atoms with Crippen LogP contribution in [0, 0.1) is 12.8 Å². The largest absolute Gasteiger partial charge is 0.366 e. The van der Waals surface area contributed by atoms with Crippen LogP contribution in [0.2, 0.25) is 0 Å². The zero-order valence-electron chi connectivity index (χ0n) is 12.9. The number of nitrogens with zero attached hydrogens (tertiary/aromatic N) is 1. The van der Waals surface area contributed by atoms with Crippen molar-refractivity contribution in [2.24, 2.45) is 11.7 Å². The molecule has 0 aromatic heterocycles. The first-order chi connectivity index (χ1) is 9.02. The molecule has 1 saturated heterocycles. The second-order valence-corrected chi connectivity index (χ2v) is 6.30. The monoisotopic (exact) mass is 260 g/mol. The predicted octanol–water partition coefficient (Wildman–Crippen LogP) is 3.51. The van der Waals surface area contributed by atoms with Crippen molar-refractivity contribution in [3.05, 3.63) is 29.3 Å². The quantitative estimate of drug-likeness (QED) is 0.897. The maximum atomic E-state index is 5.78. The third-order valence-electron chi connectivity index (χ3n) is 4.88. The molecule has 0 amide bonds. The van der Waals surface area contributed by atoms with Crippen molar-refractivity contribution >= 4 is 5.69 Å². The Kier molecular flexibility index (Phi) is 4.19. The summed E-state index contributed by atoms with van der Waals surface area (Å²) in [6.45, 7) is 11.2. The first-order valence-corrected chi connectivity index (χ1v) is 7.58. The van der Waals surface area contributed by atoms with Crippen LogP contribution in [0.1, 0.15) is 44.7 Å². The SMILES string of the molecule is CCc1cccc(C)c1N1CCC(CCN)C1(C)C. The molecule has 19 heavy (non-hydrogen) atoms. The molecular formula is C17H28N2. The molecule has 2 nitrogen and oxygen atoms in total. The van der Waals surface area contributed by atoms with Crippen LogP contribution in [-0.2, 0) is 6.42 Å². The molecule has 0 bridgehead atoms. The molecule has 1 fully saturated rings. The van der Waals surface area contributed by atoms with Crippen LogP contribution in [0.5, 0.6) is 0 Å². The minimum absolute atomic E-state index is 0.218. The molecule has 0 radical (unpaired) electrons. The van der Waals surface area contributed by atoms with Gasteiger partial charge in [-0.3, -0.25) is 0 Å². The first-order valence-electron chi connectivity index (χ1n) is 7.58. The van der Waals surface area contributed by atoms with Gasteiger partial charge in [0.2, 0.25) is 0 Å². The lowest BCUT2D eigenvalue weighted by Gasteiger charge is -2.39. The molecule has 1 aliphatic heterocycles. The molecule has 2 rings (SSSR count). The van der Waals surface area contributed by atoms with E-state index in [-0.39, 0.29) is 5.54 Å². The molecule has 2 heteroatoms. The fourth-order valence-electron chi connectivity index (χ4n) is 3.64. The van der Waals surface area contributed by atoms with Gasteiger partial charge in [0.15, 0.2) is 0 Å². The van der Waals surface area contributed by atoms with E-state index in [0.29, 0.717) is 5.92 Å². The number of rotatable bonds is 4. The topological polar surface area (TPSA) is 29.3 Å². The van der Waals surface area contributed by atoms with E-state index in [1.807, 2.05) is 0 Å². The zero-order chi connectivity index (χ0) is 14.0. The lowest BCUT2D eigenvalue weighted by Crippen LogP contribution is -2.43. The summed E-state index contributed by atoms with van der Waals surface area (Å²) in [5.41, 5.74) is 10.3. The minimum atomic E-state index is 0.218. The van der Waals surface area contributed by atoms with Crippen molar-refractivity contribution in [1.82, 2.24) is 0 Å². The van der Waals surface area contributed by atoms with Crippen LogP contribution in [0.25, 0.3) is 0 Å². The molecule has 1 unspecified atom stereocenters. The van der Waals surface area contributed by atoms with E-state index in [2.05, 4.69) is 50.8 Å². The minimum Gasteiger partial charge on any atom is -0.366 e. The van der Waals surface area contributed by atoms with E-state index in [1.165, 1.54) is 23.2 Å². The Bertz CT molecular complexity index is 437. The Morgan fingerprint density at radius 3 is 2.74 bits per heavy atom. The Labute approximate surface area is 118 Å². The van der Waals surface area contributed by atoms with Gasteiger partial charge >= 0.3 is 0 Å². The lowest BCUT2D eigenvalue weighted by molar-refractivity contribution is 0.348. The highest BCUT2D eigenvalue weighted by molar-refractivity contribution is 5.62. The summed E-state index contributed by atoms with van der Waals surface area (Å²) in [5.74, 6) is 0.710. The van der Waals surface area contributed by atoms with Crippen LogP contribution < -0.4 is 10.6 Å². The van der Waals surface area contributed by atoms with Crippen molar-refractivity contribution < 1.29 is 0 Å². The van der Waals surface area contributed by atoms with E-state index < -0.39 is 0 Å². The van der Waals surface area contributed by atoms with E-state index in [4.69, 9.17) is 5.73 Å².